The van der Waals surface area contributed by atoms with Crippen LogP contribution >= 0.6 is 0 Å². The Morgan fingerprint density at radius 2 is 2.39 bits per heavy atom. The van der Waals surface area contributed by atoms with Gasteiger partial charge in [0.1, 0.15) is 11.7 Å². The van der Waals surface area contributed by atoms with Crippen LogP contribution < -0.4 is 5.32 Å². The quantitative estimate of drug-likeness (QED) is 0.790. The van der Waals surface area contributed by atoms with E-state index < -0.39 is 0 Å². The van der Waals surface area contributed by atoms with Crippen LogP contribution in [0.25, 0.3) is 5.65 Å². The fourth-order valence-corrected chi connectivity index (χ4v) is 1.75. The zero-order valence-corrected chi connectivity index (χ0v) is 10.4. The van der Waals surface area contributed by atoms with E-state index >= 15 is 0 Å². The van der Waals surface area contributed by atoms with E-state index in [0.29, 0.717) is 11.5 Å². The van der Waals surface area contributed by atoms with Crippen molar-refractivity contribution in [3.63, 3.8) is 0 Å². The summed E-state index contributed by atoms with van der Waals surface area (Å²) in [5.74, 6) is 0.639. The molecule has 0 bridgehead atoms. The van der Waals surface area contributed by atoms with Gasteiger partial charge >= 0.3 is 0 Å². The standard InChI is InChI=1S/C13H16N4O/c1-2-18-9-5-7-15-13-11(10-14)17-8-4-3-6-12(17)16-13/h3-4,6,8,15H,2,5,7,9H2,1H3. The molecule has 2 aromatic rings. The van der Waals surface area contributed by atoms with Gasteiger partial charge in [0.25, 0.3) is 0 Å². The molecule has 0 amide bonds. The van der Waals surface area contributed by atoms with Gasteiger partial charge in [-0.3, -0.25) is 4.40 Å². The molecular weight excluding hydrogens is 228 g/mol. The number of rotatable bonds is 6. The van der Waals surface area contributed by atoms with Gasteiger partial charge in [0.05, 0.1) is 0 Å². The molecule has 2 aromatic heterocycles. The van der Waals surface area contributed by atoms with Crippen LogP contribution in [-0.2, 0) is 4.74 Å². The third-order valence-electron chi connectivity index (χ3n) is 2.60. The van der Waals surface area contributed by atoms with E-state index in [1.165, 1.54) is 0 Å². The van der Waals surface area contributed by atoms with Crippen LogP contribution in [0.2, 0.25) is 0 Å². The van der Waals surface area contributed by atoms with Gasteiger partial charge in [0, 0.05) is 26.0 Å². The van der Waals surface area contributed by atoms with Crippen molar-refractivity contribution in [2.45, 2.75) is 13.3 Å². The molecule has 0 atom stereocenters. The maximum atomic E-state index is 9.17. The molecule has 0 aromatic carbocycles. The van der Waals surface area contributed by atoms with Crippen LogP contribution in [0, 0.1) is 11.3 Å². The summed E-state index contributed by atoms with van der Waals surface area (Å²) in [6, 6.07) is 7.85. The van der Waals surface area contributed by atoms with Gasteiger partial charge in [-0.15, -0.1) is 0 Å². The van der Waals surface area contributed by atoms with Crippen molar-refractivity contribution < 1.29 is 4.74 Å². The van der Waals surface area contributed by atoms with Crippen LogP contribution in [-0.4, -0.2) is 29.1 Å². The number of ether oxygens (including phenoxy) is 1. The number of imidazole rings is 1. The largest absolute Gasteiger partial charge is 0.382 e. The second-order valence-electron chi connectivity index (χ2n) is 3.83. The number of hydrogen-bond donors (Lipinski definition) is 1. The highest BCUT2D eigenvalue weighted by atomic mass is 16.5. The van der Waals surface area contributed by atoms with E-state index in [1.807, 2.05) is 31.3 Å². The number of aromatic nitrogens is 2. The maximum Gasteiger partial charge on any atom is 0.168 e. The minimum absolute atomic E-state index is 0.544. The number of nitriles is 1. The Morgan fingerprint density at radius 3 is 3.17 bits per heavy atom. The first-order chi connectivity index (χ1) is 8.86. The number of fused-ring (bicyclic) bond motifs is 1. The van der Waals surface area contributed by atoms with E-state index in [9.17, 15) is 5.26 Å². The van der Waals surface area contributed by atoms with Gasteiger partial charge in [-0.05, 0) is 25.5 Å². The van der Waals surface area contributed by atoms with Crippen molar-refractivity contribution >= 4 is 11.5 Å². The average Bonchev–Trinajstić information content (AvgIpc) is 2.76. The summed E-state index contributed by atoms with van der Waals surface area (Å²) in [6.07, 6.45) is 2.73. The lowest BCUT2D eigenvalue weighted by atomic mass is 10.4. The SMILES string of the molecule is CCOCCCNc1nc2ccccn2c1C#N. The van der Waals surface area contributed by atoms with Crippen LogP contribution in [0.1, 0.15) is 19.0 Å². The van der Waals surface area contributed by atoms with E-state index in [-0.39, 0.29) is 0 Å². The molecule has 18 heavy (non-hydrogen) atoms. The predicted octanol–water partition coefficient (Wildman–Crippen LogP) is 2.04. The van der Waals surface area contributed by atoms with Crippen LogP contribution in [0.3, 0.4) is 0 Å². The van der Waals surface area contributed by atoms with Crippen LogP contribution in [0.4, 0.5) is 5.82 Å². The van der Waals surface area contributed by atoms with E-state index in [1.54, 1.807) is 4.40 Å². The fraction of sp³-hybridized carbons (Fsp3) is 0.385. The highest BCUT2D eigenvalue weighted by molar-refractivity contribution is 5.58. The Kier molecular flexibility index (Phi) is 4.15. The predicted molar refractivity (Wildman–Crippen MR) is 69.5 cm³/mol. The highest BCUT2D eigenvalue weighted by Crippen LogP contribution is 2.16. The molecule has 0 aliphatic carbocycles. The molecule has 1 N–H and O–H groups in total. The van der Waals surface area contributed by atoms with E-state index in [2.05, 4.69) is 16.4 Å². The van der Waals surface area contributed by atoms with Crippen molar-refractivity contribution in [2.24, 2.45) is 0 Å². The average molecular weight is 244 g/mol. The number of anilines is 1. The lowest BCUT2D eigenvalue weighted by molar-refractivity contribution is 0.147. The Morgan fingerprint density at radius 1 is 1.50 bits per heavy atom. The summed E-state index contributed by atoms with van der Waals surface area (Å²) in [5, 5.41) is 12.3. The molecule has 0 saturated heterocycles. The van der Waals surface area contributed by atoms with Gasteiger partial charge in [0.15, 0.2) is 11.5 Å². The third-order valence-corrected chi connectivity index (χ3v) is 2.60. The first-order valence-corrected chi connectivity index (χ1v) is 6.05. The molecule has 0 unspecified atom stereocenters. The lowest BCUT2D eigenvalue weighted by Gasteiger charge is -2.03. The number of nitrogens with zero attached hydrogens (tertiary/aromatic N) is 3. The molecular formula is C13H16N4O. The first kappa shape index (κ1) is 12.4. The smallest absolute Gasteiger partial charge is 0.168 e. The van der Waals surface area contributed by atoms with Crippen molar-refractivity contribution in [1.82, 2.24) is 9.38 Å². The Bertz CT molecular complexity index is 556. The molecule has 0 aliphatic heterocycles. The van der Waals surface area contributed by atoms with Crippen LogP contribution in [0.15, 0.2) is 24.4 Å². The van der Waals surface area contributed by atoms with E-state index in [4.69, 9.17) is 4.74 Å². The number of nitrogens with one attached hydrogen (secondary N) is 1. The highest BCUT2D eigenvalue weighted by Gasteiger charge is 2.10. The fourth-order valence-electron chi connectivity index (χ4n) is 1.75. The van der Waals surface area contributed by atoms with Crippen molar-refractivity contribution in [1.29, 1.82) is 5.26 Å². The molecule has 5 nitrogen and oxygen atoms in total. The number of hydrogen-bond acceptors (Lipinski definition) is 4. The zero-order valence-electron chi connectivity index (χ0n) is 10.4. The second-order valence-corrected chi connectivity index (χ2v) is 3.83. The Labute approximate surface area is 106 Å². The van der Waals surface area contributed by atoms with E-state index in [0.717, 1.165) is 31.8 Å². The van der Waals surface area contributed by atoms with Gasteiger partial charge in [-0.2, -0.15) is 5.26 Å². The maximum absolute atomic E-state index is 9.17. The molecule has 0 fully saturated rings. The Balaban J connectivity index is 2.06. The summed E-state index contributed by atoms with van der Waals surface area (Å²) >= 11 is 0. The topological polar surface area (TPSA) is 62.4 Å². The molecule has 94 valence electrons. The van der Waals surface area contributed by atoms with Crippen molar-refractivity contribution in [2.75, 3.05) is 25.1 Å². The summed E-state index contributed by atoms with van der Waals surface area (Å²) in [6.45, 7) is 4.18. The third kappa shape index (κ3) is 2.60. The second kappa shape index (κ2) is 6.03. The first-order valence-electron chi connectivity index (χ1n) is 6.05. The normalized spacial score (nSPS) is 10.4. The molecule has 0 aliphatic rings. The minimum Gasteiger partial charge on any atom is -0.382 e. The van der Waals surface area contributed by atoms with Crippen molar-refractivity contribution in [3.05, 3.63) is 30.1 Å². The van der Waals surface area contributed by atoms with Gasteiger partial charge in [0.2, 0.25) is 0 Å². The molecule has 0 radical (unpaired) electrons. The summed E-state index contributed by atoms with van der Waals surface area (Å²) in [5.41, 5.74) is 1.32. The Hall–Kier alpha value is -2.06. The van der Waals surface area contributed by atoms with Crippen LogP contribution in [0.5, 0.6) is 0 Å². The molecule has 5 heteroatoms. The van der Waals surface area contributed by atoms with Crippen molar-refractivity contribution in [3.8, 4) is 6.07 Å². The molecule has 2 heterocycles. The number of pyridine rings is 1. The van der Waals surface area contributed by atoms with Gasteiger partial charge < -0.3 is 10.1 Å². The molecule has 2 rings (SSSR count). The summed E-state index contributed by atoms with van der Waals surface area (Å²) in [7, 11) is 0. The van der Waals surface area contributed by atoms with Gasteiger partial charge in [-0.1, -0.05) is 6.07 Å². The monoisotopic (exact) mass is 244 g/mol. The zero-order chi connectivity index (χ0) is 12.8. The minimum atomic E-state index is 0.544. The van der Waals surface area contributed by atoms with Gasteiger partial charge in [-0.25, -0.2) is 4.98 Å². The molecule has 0 spiro atoms. The molecule has 0 saturated carbocycles. The summed E-state index contributed by atoms with van der Waals surface area (Å²) < 4.78 is 7.04. The summed E-state index contributed by atoms with van der Waals surface area (Å²) in [4.78, 5) is 4.39. The lowest BCUT2D eigenvalue weighted by Crippen LogP contribution is -2.07.